The first kappa shape index (κ1) is 8.81. The molecular weight excluding hydrogens is 239 g/mol. The summed E-state index contributed by atoms with van der Waals surface area (Å²) in [6, 6.07) is 4.27. The van der Waals surface area contributed by atoms with Gasteiger partial charge in [-0.15, -0.1) is 0 Å². The molecule has 0 aromatic heterocycles. The number of halogens is 2. The van der Waals surface area contributed by atoms with Crippen molar-refractivity contribution < 1.29 is 13.9 Å². The van der Waals surface area contributed by atoms with Crippen LogP contribution in [0.5, 0.6) is 11.5 Å². The number of benzene rings is 1. The summed E-state index contributed by atoms with van der Waals surface area (Å²) >= 11 is 3.28. The molecule has 70 valence electrons. The van der Waals surface area contributed by atoms with Crippen molar-refractivity contribution in [1.82, 2.24) is 0 Å². The van der Waals surface area contributed by atoms with E-state index in [1.165, 1.54) is 12.1 Å². The van der Waals surface area contributed by atoms with E-state index in [-0.39, 0.29) is 11.9 Å². The minimum Gasteiger partial charge on any atom is -0.486 e. The molecule has 0 N–H and O–H groups in total. The van der Waals surface area contributed by atoms with Crippen LogP contribution in [0.4, 0.5) is 4.39 Å². The molecule has 4 heteroatoms. The van der Waals surface area contributed by atoms with E-state index in [4.69, 9.17) is 9.47 Å². The second-order valence-corrected chi connectivity index (χ2v) is 3.44. The van der Waals surface area contributed by atoms with Gasteiger partial charge in [0.15, 0.2) is 11.5 Å². The molecule has 1 aliphatic rings. The summed E-state index contributed by atoms with van der Waals surface area (Å²) in [5.41, 5.74) is 0. The number of fused-ring (bicyclic) bond motifs is 1. The Labute approximate surface area is 83.8 Å². The van der Waals surface area contributed by atoms with Crippen LogP contribution in [-0.2, 0) is 0 Å². The van der Waals surface area contributed by atoms with Gasteiger partial charge in [-0.3, -0.25) is 0 Å². The van der Waals surface area contributed by atoms with Crippen molar-refractivity contribution in [3.63, 3.8) is 0 Å². The third-order valence-corrected chi connectivity index (χ3v) is 2.52. The Morgan fingerprint density at radius 2 is 2.31 bits per heavy atom. The van der Waals surface area contributed by atoms with Gasteiger partial charge in [-0.1, -0.05) is 15.9 Å². The predicted molar refractivity (Wildman–Crippen MR) is 50.1 cm³/mol. The lowest BCUT2D eigenvalue weighted by atomic mass is 10.2. The SMILES string of the molecule is Fc1ccc2c(c1)OC(CBr)CO2. The normalized spacial score (nSPS) is 20.0. The minimum absolute atomic E-state index is 0.0331. The topological polar surface area (TPSA) is 18.5 Å². The highest BCUT2D eigenvalue weighted by molar-refractivity contribution is 9.09. The van der Waals surface area contributed by atoms with Crippen molar-refractivity contribution in [2.45, 2.75) is 6.10 Å². The molecule has 2 rings (SSSR count). The first-order valence-electron chi connectivity index (χ1n) is 3.94. The standard InChI is InChI=1S/C9H8BrFO2/c10-4-7-5-12-8-2-1-6(11)3-9(8)13-7/h1-3,7H,4-5H2. The maximum atomic E-state index is 12.8. The van der Waals surface area contributed by atoms with Crippen molar-refractivity contribution in [2.75, 3.05) is 11.9 Å². The van der Waals surface area contributed by atoms with Gasteiger partial charge < -0.3 is 9.47 Å². The number of hydrogen-bond acceptors (Lipinski definition) is 2. The molecule has 0 fully saturated rings. The molecule has 0 saturated heterocycles. The average molecular weight is 247 g/mol. The van der Waals surface area contributed by atoms with Gasteiger partial charge >= 0.3 is 0 Å². The summed E-state index contributed by atoms with van der Waals surface area (Å²) in [6.45, 7) is 0.504. The van der Waals surface area contributed by atoms with Crippen LogP contribution in [0.25, 0.3) is 0 Å². The molecule has 1 atom stereocenters. The van der Waals surface area contributed by atoms with Crippen LogP contribution in [0.15, 0.2) is 18.2 Å². The van der Waals surface area contributed by atoms with Gasteiger partial charge in [-0.05, 0) is 12.1 Å². The lowest BCUT2D eigenvalue weighted by Crippen LogP contribution is -2.30. The van der Waals surface area contributed by atoms with Gasteiger partial charge in [-0.2, -0.15) is 0 Å². The minimum atomic E-state index is -0.308. The average Bonchev–Trinajstić information content (AvgIpc) is 2.16. The van der Waals surface area contributed by atoms with Crippen molar-refractivity contribution in [1.29, 1.82) is 0 Å². The lowest BCUT2D eigenvalue weighted by molar-refractivity contribution is 0.107. The predicted octanol–water partition coefficient (Wildman–Crippen LogP) is 2.36. The van der Waals surface area contributed by atoms with Gasteiger partial charge in [-0.25, -0.2) is 4.39 Å². The Balaban J connectivity index is 2.27. The molecular formula is C9H8BrFO2. The van der Waals surface area contributed by atoms with E-state index >= 15 is 0 Å². The monoisotopic (exact) mass is 246 g/mol. The molecule has 1 aliphatic heterocycles. The van der Waals surface area contributed by atoms with E-state index in [0.717, 1.165) is 0 Å². The Morgan fingerprint density at radius 3 is 3.08 bits per heavy atom. The van der Waals surface area contributed by atoms with E-state index in [9.17, 15) is 4.39 Å². The number of ether oxygens (including phenoxy) is 2. The number of rotatable bonds is 1. The van der Waals surface area contributed by atoms with E-state index in [0.29, 0.717) is 23.4 Å². The van der Waals surface area contributed by atoms with Gasteiger partial charge in [0, 0.05) is 11.4 Å². The van der Waals surface area contributed by atoms with E-state index < -0.39 is 0 Å². The molecule has 0 radical (unpaired) electrons. The van der Waals surface area contributed by atoms with Crippen LogP contribution < -0.4 is 9.47 Å². The van der Waals surface area contributed by atoms with Crippen molar-refractivity contribution in [2.24, 2.45) is 0 Å². The quantitative estimate of drug-likeness (QED) is 0.709. The number of hydrogen-bond donors (Lipinski definition) is 0. The maximum Gasteiger partial charge on any atom is 0.164 e. The van der Waals surface area contributed by atoms with Gasteiger partial charge in [0.25, 0.3) is 0 Å². The lowest BCUT2D eigenvalue weighted by Gasteiger charge is -2.24. The van der Waals surface area contributed by atoms with Crippen molar-refractivity contribution in [3.05, 3.63) is 24.0 Å². The smallest absolute Gasteiger partial charge is 0.164 e. The second-order valence-electron chi connectivity index (χ2n) is 2.80. The van der Waals surface area contributed by atoms with Gasteiger partial charge in [0.05, 0.1) is 0 Å². The molecule has 0 saturated carbocycles. The molecule has 1 heterocycles. The zero-order valence-corrected chi connectivity index (χ0v) is 8.38. The molecule has 13 heavy (non-hydrogen) atoms. The van der Waals surface area contributed by atoms with Crippen LogP contribution in [-0.4, -0.2) is 18.0 Å². The molecule has 1 unspecified atom stereocenters. The molecule has 0 aliphatic carbocycles. The Hall–Kier alpha value is -0.770. The first-order valence-corrected chi connectivity index (χ1v) is 5.06. The number of alkyl halides is 1. The van der Waals surface area contributed by atoms with Crippen LogP contribution in [0, 0.1) is 5.82 Å². The molecule has 0 spiro atoms. The molecule has 0 bridgehead atoms. The van der Waals surface area contributed by atoms with E-state index in [1.807, 2.05) is 0 Å². The molecule has 1 aromatic rings. The fraction of sp³-hybridized carbons (Fsp3) is 0.333. The van der Waals surface area contributed by atoms with Crippen LogP contribution in [0.1, 0.15) is 0 Å². The van der Waals surface area contributed by atoms with Crippen molar-refractivity contribution in [3.8, 4) is 11.5 Å². The highest BCUT2D eigenvalue weighted by Gasteiger charge is 2.19. The molecule has 0 amide bonds. The third-order valence-electron chi connectivity index (χ3n) is 1.80. The third kappa shape index (κ3) is 1.77. The summed E-state index contributed by atoms with van der Waals surface area (Å²) < 4.78 is 23.6. The Bertz CT molecular complexity index is 316. The van der Waals surface area contributed by atoms with Crippen molar-refractivity contribution >= 4 is 15.9 Å². The largest absolute Gasteiger partial charge is 0.486 e. The van der Waals surface area contributed by atoms with Crippen LogP contribution in [0.3, 0.4) is 0 Å². The summed E-state index contributed by atoms with van der Waals surface area (Å²) in [4.78, 5) is 0. The van der Waals surface area contributed by atoms with Crippen LogP contribution in [0.2, 0.25) is 0 Å². The zero-order chi connectivity index (χ0) is 9.26. The highest BCUT2D eigenvalue weighted by Crippen LogP contribution is 2.32. The fourth-order valence-corrected chi connectivity index (χ4v) is 1.48. The zero-order valence-electron chi connectivity index (χ0n) is 6.80. The Morgan fingerprint density at radius 1 is 1.46 bits per heavy atom. The fourth-order valence-electron chi connectivity index (χ4n) is 1.17. The Kier molecular flexibility index (Phi) is 2.40. The summed E-state index contributed by atoms with van der Waals surface area (Å²) in [5, 5.41) is 0.683. The van der Waals surface area contributed by atoms with E-state index in [2.05, 4.69) is 15.9 Å². The van der Waals surface area contributed by atoms with Crippen LogP contribution >= 0.6 is 15.9 Å². The summed E-state index contributed by atoms with van der Waals surface area (Å²) in [7, 11) is 0. The van der Waals surface area contributed by atoms with E-state index in [1.54, 1.807) is 6.07 Å². The van der Waals surface area contributed by atoms with Gasteiger partial charge in [0.1, 0.15) is 18.5 Å². The summed E-state index contributed by atoms with van der Waals surface area (Å²) in [5.74, 6) is 0.784. The second kappa shape index (κ2) is 3.54. The highest BCUT2D eigenvalue weighted by atomic mass is 79.9. The maximum absolute atomic E-state index is 12.8. The molecule has 2 nitrogen and oxygen atoms in total. The molecule has 1 aromatic carbocycles. The first-order chi connectivity index (χ1) is 6.29. The summed E-state index contributed by atoms with van der Waals surface area (Å²) in [6.07, 6.45) is -0.0331. The van der Waals surface area contributed by atoms with Gasteiger partial charge in [0.2, 0.25) is 0 Å².